The van der Waals surface area contributed by atoms with Crippen LogP contribution in [0.1, 0.15) is 16.5 Å². The third kappa shape index (κ3) is 2.95. The van der Waals surface area contributed by atoms with Crippen LogP contribution >= 0.6 is 43.2 Å². The van der Waals surface area contributed by atoms with Crippen molar-refractivity contribution < 1.29 is 4.39 Å². The van der Waals surface area contributed by atoms with E-state index < -0.39 is 0 Å². The van der Waals surface area contributed by atoms with Crippen molar-refractivity contribution in [2.24, 2.45) is 5.84 Å². The van der Waals surface area contributed by atoms with Gasteiger partial charge in [-0.25, -0.2) is 9.82 Å². The molecule has 6 heteroatoms. The summed E-state index contributed by atoms with van der Waals surface area (Å²) in [5.41, 5.74) is 3.17. The summed E-state index contributed by atoms with van der Waals surface area (Å²) >= 11 is 8.23. The number of halogens is 3. The van der Waals surface area contributed by atoms with Crippen LogP contribution in [-0.4, -0.2) is 0 Å². The highest BCUT2D eigenvalue weighted by atomic mass is 79.9. The fraction of sp³-hybridized carbons (Fsp3) is 0.0909. The van der Waals surface area contributed by atoms with Gasteiger partial charge < -0.3 is 0 Å². The van der Waals surface area contributed by atoms with E-state index in [1.165, 1.54) is 17.4 Å². The quantitative estimate of drug-likeness (QED) is 0.625. The molecule has 0 spiro atoms. The molecule has 1 aromatic heterocycles. The number of hydrazine groups is 1. The zero-order chi connectivity index (χ0) is 12.4. The second-order valence-electron chi connectivity index (χ2n) is 3.41. The summed E-state index contributed by atoms with van der Waals surface area (Å²) in [6, 6.07) is 8.31. The van der Waals surface area contributed by atoms with Crippen LogP contribution < -0.4 is 11.3 Å². The largest absolute Gasteiger partial charge is 0.271 e. The van der Waals surface area contributed by atoms with E-state index in [1.54, 1.807) is 12.1 Å². The van der Waals surface area contributed by atoms with Crippen LogP contribution in [0, 0.1) is 5.82 Å². The fourth-order valence-electron chi connectivity index (χ4n) is 1.54. The van der Waals surface area contributed by atoms with Gasteiger partial charge in [0, 0.05) is 14.9 Å². The van der Waals surface area contributed by atoms with Gasteiger partial charge in [-0.05, 0) is 46.3 Å². The van der Waals surface area contributed by atoms with E-state index in [1.807, 2.05) is 12.1 Å². The molecular weight excluding hydrogens is 371 g/mol. The van der Waals surface area contributed by atoms with Gasteiger partial charge in [0.25, 0.3) is 0 Å². The van der Waals surface area contributed by atoms with Crippen LogP contribution in [0.5, 0.6) is 0 Å². The Bertz CT molecular complexity index is 530. The molecule has 2 aromatic rings. The SMILES string of the molecule is NNC(c1ccc(Br)s1)c1cc(Br)ccc1F. The maximum atomic E-state index is 13.8. The molecule has 0 saturated heterocycles. The molecular formula is C11H9Br2FN2S. The maximum Gasteiger partial charge on any atom is 0.128 e. The van der Waals surface area contributed by atoms with Gasteiger partial charge >= 0.3 is 0 Å². The molecule has 0 aliphatic carbocycles. The molecule has 0 saturated carbocycles. The van der Waals surface area contributed by atoms with Crippen LogP contribution in [-0.2, 0) is 0 Å². The minimum atomic E-state index is -0.344. The summed E-state index contributed by atoms with van der Waals surface area (Å²) in [6.45, 7) is 0. The van der Waals surface area contributed by atoms with E-state index in [0.29, 0.717) is 5.56 Å². The highest BCUT2D eigenvalue weighted by molar-refractivity contribution is 9.11. The van der Waals surface area contributed by atoms with E-state index in [4.69, 9.17) is 5.84 Å². The predicted octanol–water partition coefficient (Wildman–Crippen LogP) is 3.96. The molecule has 2 rings (SSSR count). The van der Waals surface area contributed by atoms with Crippen molar-refractivity contribution in [2.45, 2.75) is 6.04 Å². The molecule has 0 radical (unpaired) electrons. The predicted molar refractivity (Wildman–Crippen MR) is 75.3 cm³/mol. The van der Waals surface area contributed by atoms with Gasteiger partial charge in [-0.2, -0.15) is 0 Å². The maximum absolute atomic E-state index is 13.8. The first-order chi connectivity index (χ1) is 8.11. The zero-order valence-electron chi connectivity index (χ0n) is 8.58. The monoisotopic (exact) mass is 378 g/mol. The van der Waals surface area contributed by atoms with Gasteiger partial charge in [-0.1, -0.05) is 15.9 Å². The minimum Gasteiger partial charge on any atom is -0.271 e. The van der Waals surface area contributed by atoms with Crippen molar-refractivity contribution in [3.05, 3.63) is 54.8 Å². The summed E-state index contributed by atoms with van der Waals surface area (Å²) in [5.74, 6) is 5.25. The lowest BCUT2D eigenvalue weighted by Crippen LogP contribution is -2.28. The minimum absolute atomic E-state index is 0.277. The summed E-state index contributed by atoms with van der Waals surface area (Å²) in [7, 11) is 0. The van der Waals surface area contributed by atoms with E-state index in [-0.39, 0.29) is 11.9 Å². The normalized spacial score (nSPS) is 12.7. The summed E-state index contributed by atoms with van der Waals surface area (Å²) in [4.78, 5) is 0.955. The van der Waals surface area contributed by atoms with Gasteiger partial charge in [0.15, 0.2) is 0 Å². The lowest BCUT2D eigenvalue weighted by atomic mass is 10.1. The standard InChI is InChI=1S/C11H9Br2FN2S/c12-6-1-2-8(14)7(5-6)11(16-15)9-3-4-10(13)17-9/h1-5,11,16H,15H2. The van der Waals surface area contributed by atoms with Crippen LogP contribution in [0.4, 0.5) is 4.39 Å². The number of rotatable bonds is 3. The number of thiophene rings is 1. The Hall–Kier alpha value is -0.270. The molecule has 90 valence electrons. The third-order valence-electron chi connectivity index (χ3n) is 2.31. The van der Waals surface area contributed by atoms with Gasteiger partial charge in [-0.3, -0.25) is 5.84 Å². The second-order valence-corrected chi connectivity index (χ2v) is 6.82. The van der Waals surface area contributed by atoms with Gasteiger partial charge in [0.2, 0.25) is 0 Å². The van der Waals surface area contributed by atoms with Crippen molar-refractivity contribution in [3.8, 4) is 0 Å². The first-order valence-electron chi connectivity index (χ1n) is 4.78. The van der Waals surface area contributed by atoms with Crippen molar-refractivity contribution >= 4 is 43.2 Å². The molecule has 17 heavy (non-hydrogen) atoms. The zero-order valence-corrected chi connectivity index (χ0v) is 12.6. The molecule has 3 N–H and O–H groups in total. The third-order valence-corrected chi connectivity index (χ3v) is 4.50. The highest BCUT2D eigenvalue weighted by Gasteiger charge is 2.18. The highest BCUT2D eigenvalue weighted by Crippen LogP contribution is 2.32. The molecule has 0 aliphatic rings. The topological polar surface area (TPSA) is 38.0 Å². The van der Waals surface area contributed by atoms with Crippen LogP contribution in [0.25, 0.3) is 0 Å². The van der Waals surface area contributed by atoms with E-state index in [9.17, 15) is 4.39 Å². The van der Waals surface area contributed by atoms with E-state index in [2.05, 4.69) is 37.3 Å². The van der Waals surface area contributed by atoms with Gasteiger partial charge in [-0.15, -0.1) is 11.3 Å². The number of hydrogen-bond donors (Lipinski definition) is 2. The molecule has 2 nitrogen and oxygen atoms in total. The lowest BCUT2D eigenvalue weighted by molar-refractivity contribution is 0.564. The van der Waals surface area contributed by atoms with E-state index in [0.717, 1.165) is 13.1 Å². The molecule has 0 amide bonds. The average Bonchev–Trinajstić information content (AvgIpc) is 2.71. The molecule has 1 atom stereocenters. The number of nitrogens with one attached hydrogen (secondary N) is 1. The van der Waals surface area contributed by atoms with Crippen molar-refractivity contribution in [3.63, 3.8) is 0 Å². The average molecular weight is 380 g/mol. The summed E-state index contributed by atoms with van der Waals surface area (Å²) in [5, 5.41) is 0. The smallest absolute Gasteiger partial charge is 0.128 e. The molecule has 0 bridgehead atoms. The molecule has 1 aromatic carbocycles. The number of nitrogens with two attached hydrogens (primary N) is 1. The molecule has 1 unspecified atom stereocenters. The fourth-order valence-corrected chi connectivity index (χ4v) is 3.43. The Labute approximate surface area is 119 Å². The molecule has 0 fully saturated rings. The molecule has 0 aliphatic heterocycles. The van der Waals surface area contributed by atoms with Gasteiger partial charge in [0.1, 0.15) is 5.82 Å². The Kier molecular flexibility index (Phi) is 4.32. The first kappa shape index (κ1) is 13.2. The van der Waals surface area contributed by atoms with Crippen LogP contribution in [0.2, 0.25) is 0 Å². The first-order valence-corrected chi connectivity index (χ1v) is 7.18. The van der Waals surface area contributed by atoms with Crippen molar-refractivity contribution in [2.75, 3.05) is 0 Å². The second kappa shape index (κ2) is 5.58. The Morgan fingerprint density at radius 3 is 2.59 bits per heavy atom. The Balaban J connectivity index is 2.45. The van der Waals surface area contributed by atoms with E-state index >= 15 is 0 Å². The van der Waals surface area contributed by atoms with Gasteiger partial charge in [0.05, 0.1) is 9.83 Å². The van der Waals surface area contributed by atoms with Crippen LogP contribution in [0.3, 0.4) is 0 Å². The summed E-state index contributed by atoms with van der Waals surface area (Å²) < 4.78 is 15.6. The Morgan fingerprint density at radius 2 is 2.00 bits per heavy atom. The Morgan fingerprint density at radius 1 is 1.24 bits per heavy atom. The van der Waals surface area contributed by atoms with Crippen molar-refractivity contribution in [1.82, 2.24) is 5.43 Å². The molecule has 1 heterocycles. The summed E-state index contributed by atoms with van der Waals surface area (Å²) in [6.07, 6.45) is 0. The number of hydrogen-bond acceptors (Lipinski definition) is 3. The number of benzene rings is 1. The lowest BCUT2D eigenvalue weighted by Gasteiger charge is -2.15. The van der Waals surface area contributed by atoms with Crippen LogP contribution in [0.15, 0.2) is 38.6 Å². The van der Waals surface area contributed by atoms with Crippen molar-refractivity contribution in [1.29, 1.82) is 0 Å².